The first-order valence-electron chi connectivity index (χ1n) is 26.9. The van der Waals surface area contributed by atoms with Crippen LogP contribution in [-0.4, -0.2) is 0 Å². The molecule has 2 aliphatic rings. The van der Waals surface area contributed by atoms with E-state index >= 15 is 0 Å². The van der Waals surface area contributed by atoms with E-state index in [0.29, 0.717) is 0 Å². The van der Waals surface area contributed by atoms with Crippen molar-refractivity contribution in [3.63, 3.8) is 0 Å². The zero-order valence-corrected chi connectivity index (χ0v) is 53.1. The van der Waals surface area contributed by atoms with E-state index in [9.17, 15) is 0 Å². The monoisotopic (exact) mass is 1070 g/mol. The summed E-state index contributed by atoms with van der Waals surface area (Å²) in [4.78, 5) is 2.33. The average Bonchev–Trinajstić information content (AvgIpc) is 3.91. The first-order valence-corrected chi connectivity index (χ1v) is 30.9. The minimum absolute atomic E-state index is 0.0627. The SMILES string of the molecule is CC(C)(C)c1cc(C(C)(C)C)c2cc1Cc1cc(c(C(C)(C)C)cc1C(C)(C)C)OP(c1ccc(-c3ccc(P4Oc5cc(c(C(C)(C)C)cc5C(C)(C)C)Cc5cc(c(C(C)(C)C)cc5C(C)(C)C)O4)s3)s1)O2. The van der Waals surface area contributed by atoms with Crippen molar-refractivity contribution < 1.29 is 18.1 Å². The van der Waals surface area contributed by atoms with Crippen LogP contribution in [-0.2, 0) is 56.2 Å². The van der Waals surface area contributed by atoms with Gasteiger partial charge in [-0.1, -0.05) is 190 Å². The van der Waals surface area contributed by atoms with E-state index in [2.05, 4.69) is 239 Å². The van der Waals surface area contributed by atoms with Gasteiger partial charge in [0.15, 0.2) is 0 Å². The van der Waals surface area contributed by atoms with Gasteiger partial charge in [-0.3, -0.25) is 0 Å². The van der Waals surface area contributed by atoms with Crippen molar-refractivity contribution in [1.82, 2.24) is 0 Å². The number of thiophene rings is 2. The van der Waals surface area contributed by atoms with Gasteiger partial charge in [0.25, 0.3) is 0 Å². The highest BCUT2D eigenvalue weighted by molar-refractivity contribution is 7.66. The van der Waals surface area contributed by atoms with Crippen LogP contribution in [0.3, 0.4) is 0 Å². The maximum absolute atomic E-state index is 7.40. The molecule has 0 spiro atoms. The molecule has 0 fully saturated rings. The molecule has 0 unspecified atom stereocenters. The summed E-state index contributed by atoms with van der Waals surface area (Å²) in [6, 6.07) is 28.2. The fourth-order valence-corrected chi connectivity index (χ4v) is 16.0. The third-order valence-electron chi connectivity index (χ3n) is 14.6. The molecule has 8 heteroatoms. The van der Waals surface area contributed by atoms with Gasteiger partial charge in [0.2, 0.25) is 0 Å². The fourth-order valence-electron chi connectivity index (χ4n) is 10.6. The molecule has 2 aliphatic heterocycles. The maximum atomic E-state index is 7.40. The van der Waals surface area contributed by atoms with Crippen LogP contribution in [0.2, 0.25) is 0 Å². The summed E-state index contributed by atoms with van der Waals surface area (Å²) in [6.45, 7) is 55.7. The number of rotatable bonds is 3. The summed E-state index contributed by atoms with van der Waals surface area (Å²) in [6.07, 6.45) is 1.61. The van der Waals surface area contributed by atoms with Crippen molar-refractivity contribution in [2.45, 2.75) is 222 Å². The number of hydrogen-bond donors (Lipinski definition) is 0. The molecule has 4 aromatic carbocycles. The van der Waals surface area contributed by atoms with Crippen molar-refractivity contribution >= 4 is 48.7 Å². The molecule has 8 rings (SSSR count). The molecule has 398 valence electrons. The Labute approximate surface area is 458 Å². The van der Waals surface area contributed by atoms with Crippen molar-refractivity contribution in [2.24, 2.45) is 0 Å². The van der Waals surface area contributed by atoms with Gasteiger partial charge in [-0.25, -0.2) is 0 Å². The molecule has 8 bridgehead atoms. The van der Waals surface area contributed by atoms with Crippen LogP contribution in [0.4, 0.5) is 0 Å². The Kier molecular flexibility index (Phi) is 14.6. The predicted octanol–water partition coefficient (Wildman–Crippen LogP) is 19.9. The average molecular weight is 1070 g/mol. The smallest absolute Gasteiger partial charge is 0.336 e. The summed E-state index contributed by atoms with van der Waals surface area (Å²) < 4.78 is 31.8. The second-order valence-corrected chi connectivity index (χ2v) is 35.0. The molecule has 0 saturated carbocycles. The lowest BCUT2D eigenvalue weighted by Crippen LogP contribution is -2.23. The molecule has 0 saturated heterocycles. The number of hydrogen-bond acceptors (Lipinski definition) is 6. The fraction of sp³-hybridized carbons (Fsp3) is 0.515. The Bertz CT molecular complexity index is 2720. The Hall–Kier alpha value is -3.66. The van der Waals surface area contributed by atoms with Gasteiger partial charge >= 0.3 is 16.8 Å². The van der Waals surface area contributed by atoms with Gasteiger partial charge in [-0.05, 0) is 149 Å². The summed E-state index contributed by atoms with van der Waals surface area (Å²) >= 11 is 3.54. The summed E-state index contributed by atoms with van der Waals surface area (Å²) in [7, 11) is -3.22. The molecule has 0 aliphatic carbocycles. The van der Waals surface area contributed by atoms with Crippen molar-refractivity contribution in [2.75, 3.05) is 0 Å². The summed E-state index contributed by atoms with van der Waals surface area (Å²) in [5.74, 6) is 3.65. The van der Waals surface area contributed by atoms with Crippen LogP contribution in [0.15, 0.2) is 72.8 Å². The van der Waals surface area contributed by atoms with Crippen LogP contribution in [0.5, 0.6) is 23.0 Å². The predicted molar refractivity (Wildman–Crippen MR) is 324 cm³/mol. The van der Waals surface area contributed by atoms with Crippen LogP contribution < -0.4 is 27.3 Å². The van der Waals surface area contributed by atoms with Gasteiger partial charge in [0.1, 0.15) is 32.2 Å². The van der Waals surface area contributed by atoms with Gasteiger partial charge in [-0.2, -0.15) is 0 Å². The van der Waals surface area contributed by atoms with Crippen LogP contribution in [0, 0.1) is 0 Å². The molecule has 2 aromatic heterocycles. The molecule has 0 atom stereocenters. The number of fused-ring (bicyclic) bond motifs is 8. The lowest BCUT2D eigenvalue weighted by Gasteiger charge is -2.34. The normalized spacial score (nSPS) is 15.5. The van der Waals surface area contributed by atoms with Gasteiger partial charge in [0.05, 0.1) is 0 Å². The van der Waals surface area contributed by atoms with Crippen molar-refractivity contribution in [1.29, 1.82) is 0 Å². The molecule has 6 aromatic rings. The highest BCUT2D eigenvalue weighted by Gasteiger charge is 2.37. The van der Waals surface area contributed by atoms with Crippen molar-refractivity contribution in [3.05, 3.63) is 140 Å². The Morgan fingerprint density at radius 3 is 0.676 bits per heavy atom. The minimum Gasteiger partial charge on any atom is -0.434 e. The zero-order chi connectivity index (χ0) is 54.8. The van der Waals surface area contributed by atoms with E-state index in [1.807, 2.05) is 0 Å². The summed E-state index contributed by atoms with van der Waals surface area (Å²) in [5, 5.41) is 0. The Morgan fingerprint density at radius 1 is 0.284 bits per heavy atom. The lowest BCUT2D eigenvalue weighted by atomic mass is 9.74. The van der Waals surface area contributed by atoms with Gasteiger partial charge in [-0.15, -0.1) is 22.7 Å². The van der Waals surface area contributed by atoms with Gasteiger partial charge in [0, 0.05) is 32.0 Å². The molecule has 0 N–H and O–H groups in total. The van der Waals surface area contributed by atoms with E-state index in [0.717, 1.165) is 54.8 Å². The summed E-state index contributed by atoms with van der Waals surface area (Å²) in [5.41, 5.74) is 14.6. The van der Waals surface area contributed by atoms with E-state index in [1.165, 1.54) is 66.8 Å². The Morgan fingerprint density at radius 2 is 0.486 bits per heavy atom. The largest absolute Gasteiger partial charge is 0.434 e. The highest BCUT2D eigenvalue weighted by Crippen LogP contribution is 2.54. The van der Waals surface area contributed by atoms with Gasteiger partial charge < -0.3 is 18.1 Å². The van der Waals surface area contributed by atoms with Crippen molar-refractivity contribution in [3.8, 4) is 32.8 Å². The molecule has 0 radical (unpaired) electrons. The van der Waals surface area contributed by atoms with E-state index in [4.69, 9.17) is 18.1 Å². The minimum atomic E-state index is -1.61. The van der Waals surface area contributed by atoms with Crippen LogP contribution in [0.1, 0.15) is 233 Å². The van der Waals surface area contributed by atoms with Crippen LogP contribution >= 0.6 is 39.4 Å². The molecule has 4 heterocycles. The Balaban J connectivity index is 1.27. The highest BCUT2D eigenvalue weighted by atomic mass is 32.1. The van der Waals surface area contributed by atoms with Crippen LogP contribution in [0.25, 0.3) is 9.75 Å². The first kappa shape index (κ1) is 56.5. The quantitative estimate of drug-likeness (QED) is 0.166. The van der Waals surface area contributed by atoms with E-state index < -0.39 is 16.8 Å². The zero-order valence-electron chi connectivity index (χ0n) is 49.7. The molecular weight excluding hydrogens is 983 g/mol. The lowest BCUT2D eigenvalue weighted by molar-refractivity contribution is 0.462. The third-order valence-corrected chi connectivity index (χ3v) is 20.4. The molecule has 4 nitrogen and oxygen atoms in total. The standard InChI is InChI=1S/C66H88O4P2S2/c1-59(2,3)43-35-47(63(13,14)15)51-31-39(43)29-40-32-52(48(64(16,17)18)36-44(40)60(4,5)6)68-71(67-51)57-27-25-55(73-57)56-26-28-58(74-56)72-69-53-33-41(45(61(7,8)9)37-49(53)65(19,20)21)30-42-34-54(70-72)50(66(22,23)24)38-46(42)62(10,11)12/h25-28,31-38H,29-30H2,1-24H3. The maximum Gasteiger partial charge on any atom is 0.336 e. The third kappa shape index (κ3) is 11.8. The topological polar surface area (TPSA) is 36.9 Å². The molecular formula is C66H88O4P2S2. The molecule has 0 amide bonds. The number of benzene rings is 4. The first-order chi connectivity index (χ1) is 33.7. The second-order valence-electron chi connectivity index (χ2n) is 29.5. The van der Waals surface area contributed by atoms with E-state index in [-0.39, 0.29) is 43.3 Å². The van der Waals surface area contributed by atoms with E-state index in [1.54, 1.807) is 22.7 Å². The second kappa shape index (κ2) is 19.1. The molecule has 74 heavy (non-hydrogen) atoms.